The van der Waals surface area contributed by atoms with Crippen LogP contribution < -0.4 is 5.32 Å². The first kappa shape index (κ1) is 12.5. The molecule has 3 N–H and O–H groups in total. The van der Waals surface area contributed by atoms with E-state index in [2.05, 4.69) is 5.32 Å². The van der Waals surface area contributed by atoms with E-state index >= 15 is 0 Å². The predicted molar refractivity (Wildman–Crippen MR) is 62.0 cm³/mol. The number of rotatable bonds is 5. The predicted octanol–water partition coefficient (Wildman–Crippen LogP) is 1.10. The molecule has 0 aromatic heterocycles. The first-order valence-electron chi connectivity index (χ1n) is 5.20. The molecule has 1 rings (SSSR count). The van der Waals surface area contributed by atoms with Crippen LogP contribution in [-0.2, 0) is 0 Å². The Labute approximate surface area is 95.2 Å². The van der Waals surface area contributed by atoms with E-state index in [-0.39, 0.29) is 13.2 Å². The third-order valence-corrected chi connectivity index (χ3v) is 2.68. The van der Waals surface area contributed by atoms with Crippen molar-refractivity contribution in [1.82, 2.24) is 0 Å². The highest BCUT2D eigenvalue weighted by Crippen LogP contribution is 2.19. The van der Waals surface area contributed by atoms with E-state index in [1.54, 1.807) is 24.3 Å². The standard InChI is InChI=1S/C12H16N2O2/c1-2-12(8-15,9-16)14-11-5-3-4-10(6-11)7-13/h3-6,14-16H,2,8-9H2,1H3. The highest BCUT2D eigenvalue weighted by Gasteiger charge is 2.26. The molecule has 16 heavy (non-hydrogen) atoms. The van der Waals surface area contributed by atoms with Crippen LogP contribution in [0.1, 0.15) is 18.9 Å². The average molecular weight is 220 g/mol. The molecule has 0 unspecified atom stereocenters. The number of anilines is 1. The van der Waals surface area contributed by atoms with Gasteiger partial charge in [0.05, 0.1) is 30.4 Å². The van der Waals surface area contributed by atoms with Crippen LogP contribution in [0.25, 0.3) is 0 Å². The van der Waals surface area contributed by atoms with Gasteiger partial charge in [0.25, 0.3) is 0 Å². The van der Waals surface area contributed by atoms with Crippen molar-refractivity contribution in [3.05, 3.63) is 29.8 Å². The molecule has 0 heterocycles. The molecule has 0 atom stereocenters. The molecule has 0 spiro atoms. The number of nitrogens with one attached hydrogen (secondary N) is 1. The normalized spacial score (nSPS) is 10.9. The minimum absolute atomic E-state index is 0.156. The van der Waals surface area contributed by atoms with E-state index in [1.807, 2.05) is 13.0 Å². The molecule has 0 aliphatic carbocycles. The fraction of sp³-hybridized carbons (Fsp3) is 0.417. The third-order valence-electron chi connectivity index (χ3n) is 2.68. The molecule has 0 saturated heterocycles. The summed E-state index contributed by atoms with van der Waals surface area (Å²) in [5, 5.41) is 30.4. The van der Waals surface area contributed by atoms with Gasteiger partial charge in [-0.05, 0) is 24.6 Å². The van der Waals surface area contributed by atoms with Crippen LogP contribution in [0.4, 0.5) is 5.69 Å². The summed E-state index contributed by atoms with van der Waals surface area (Å²) in [5.41, 5.74) is 0.545. The number of hydrogen-bond donors (Lipinski definition) is 3. The number of benzene rings is 1. The lowest BCUT2D eigenvalue weighted by Gasteiger charge is -2.30. The fourth-order valence-electron chi connectivity index (χ4n) is 1.41. The molecule has 0 aliphatic heterocycles. The molecule has 0 bridgehead atoms. The van der Waals surface area contributed by atoms with Gasteiger partial charge in [-0.15, -0.1) is 0 Å². The summed E-state index contributed by atoms with van der Waals surface area (Å²) in [6.45, 7) is 1.57. The first-order chi connectivity index (χ1) is 7.69. The summed E-state index contributed by atoms with van der Waals surface area (Å²) >= 11 is 0. The number of aliphatic hydroxyl groups excluding tert-OH is 2. The van der Waals surface area contributed by atoms with Gasteiger partial charge in [-0.3, -0.25) is 0 Å². The molecule has 0 fully saturated rings. The second-order valence-corrected chi connectivity index (χ2v) is 3.77. The van der Waals surface area contributed by atoms with E-state index < -0.39 is 5.54 Å². The van der Waals surface area contributed by atoms with Gasteiger partial charge in [-0.2, -0.15) is 5.26 Å². The van der Waals surface area contributed by atoms with Crippen molar-refractivity contribution in [1.29, 1.82) is 5.26 Å². The maximum atomic E-state index is 9.28. The molecule has 4 nitrogen and oxygen atoms in total. The maximum absolute atomic E-state index is 9.28. The van der Waals surface area contributed by atoms with Crippen molar-refractivity contribution in [2.75, 3.05) is 18.5 Å². The summed E-state index contributed by atoms with van der Waals surface area (Å²) in [5.74, 6) is 0. The highest BCUT2D eigenvalue weighted by molar-refractivity contribution is 5.51. The number of nitriles is 1. The van der Waals surface area contributed by atoms with Crippen LogP contribution in [-0.4, -0.2) is 29.0 Å². The molecule has 0 radical (unpaired) electrons. The van der Waals surface area contributed by atoms with Crippen molar-refractivity contribution in [3.8, 4) is 6.07 Å². The fourth-order valence-corrected chi connectivity index (χ4v) is 1.41. The number of nitrogens with zero attached hydrogens (tertiary/aromatic N) is 1. The second-order valence-electron chi connectivity index (χ2n) is 3.77. The zero-order valence-electron chi connectivity index (χ0n) is 9.27. The van der Waals surface area contributed by atoms with Crippen LogP contribution in [0.15, 0.2) is 24.3 Å². The minimum Gasteiger partial charge on any atom is -0.394 e. The summed E-state index contributed by atoms with van der Waals surface area (Å²) in [6.07, 6.45) is 0.594. The van der Waals surface area contributed by atoms with Crippen LogP contribution in [0.3, 0.4) is 0 Å². The summed E-state index contributed by atoms with van der Waals surface area (Å²) in [7, 11) is 0. The van der Waals surface area contributed by atoms with Crippen LogP contribution in [0.2, 0.25) is 0 Å². The van der Waals surface area contributed by atoms with E-state index in [9.17, 15) is 10.2 Å². The monoisotopic (exact) mass is 220 g/mol. The van der Waals surface area contributed by atoms with Gasteiger partial charge in [0.2, 0.25) is 0 Å². The first-order valence-corrected chi connectivity index (χ1v) is 5.20. The molecular formula is C12H16N2O2. The van der Waals surface area contributed by atoms with Gasteiger partial charge in [0.1, 0.15) is 0 Å². The molecule has 0 amide bonds. The van der Waals surface area contributed by atoms with Gasteiger partial charge < -0.3 is 15.5 Å². The quantitative estimate of drug-likeness (QED) is 0.694. The minimum atomic E-state index is -0.728. The van der Waals surface area contributed by atoms with Gasteiger partial charge >= 0.3 is 0 Å². The van der Waals surface area contributed by atoms with E-state index in [4.69, 9.17) is 5.26 Å². The largest absolute Gasteiger partial charge is 0.394 e. The Balaban J connectivity index is 2.90. The summed E-state index contributed by atoms with van der Waals surface area (Å²) in [6, 6.07) is 9.00. The highest BCUT2D eigenvalue weighted by atomic mass is 16.3. The molecule has 0 aliphatic rings. The van der Waals surface area contributed by atoms with E-state index in [1.165, 1.54) is 0 Å². The Morgan fingerprint density at radius 2 is 2.06 bits per heavy atom. The van der Waals surface area contributed by atoms with Gasteiger partial charge in [-0.25, -0.2) is 0 Å². The third kappa shape index (κ3) is 2.72. The molecule has 1 aromatic carbocycles. The lowest BCUT2D eigenvalue weighted by molar-refractivity contribution is 0.132. The zero-order chi connectivity index (χ0) is 12.0. The Bertz CT molecular complexity index is 373. The van der Waals surface area contributed by atoms with E-state index in [0.29, 0.717) is 12.0 Å². The van der Waals surface area contributed by atoms with Crippen molar-refractivity contribution in [2.24, 2.45) is 0 Å². The second kappa shape index (κ2) is 5.50. The van der Waals surface area contributed by atoms with Crippen LogP contribution in [0, 0.1) is 11.3 Å². The van der Waals surface area contributed by atoms with E-state index in [0.717, 1.165) is 5.69 Å². The van der Waals surface area contributed by atoms with Crippen molar-refractivity contribution in [3.63, 3.8) is 0 Å². The summed E-state index contributed by atoms with van der Waals surface area (Å²) in [4.78, 5) is 0. The average Bonchev–Trinajstić information content (AvgIpc) is 2.36. The molecule has 86 valence electrons. The Kier molecular flexibility index (Phi) is 4.29. The molecule has 0 saturated carbocycles. The zero-order valence-corrected chi connectivity index (χ0v) is 9.27. The van der Waals surface area contributed by atoms with Crippen LogP contribution in [0.5, 0.6) is 0 Å². The lowest BCUT2D eigenvalue weighted by atomic mass is 9.98. The molecule has 4 heteroatoms. The summed E-state index contributed by atoms with van der Waals surface area (Å²) < 4.78 is 0. The number of aliphatic hydroxyl groups is 2. The van der Waals surface area contributed by atoms with Gasteiger partial charge in [0.15, 0.2) is 0 Å². The van der Waals surface area contributed by atoms with Gasteiger partial charge in [-0.1, -0.05) is 13.0 Å². The lowest BCUT2D eigenvalue weighted by Crippen LogP contribution is -2.45. The van der Waals surface area contributed by atoms with Crippen molar-refractivity contribution in [2.45, 2.75) is 18.9 Å². The van der Waals surface area contributed by atoms with Crippen molar-refractivity contribution < 1.29 is 10.2 Å². The Hall–Kier alpha value is -1.57. The molecule has 1 aromatic rings. The maximum Gasteiger partial charge on any atom is 0.0992 e. The van der Waals surface area contributed by atoms with Crippen molar-refractivity contribution >= 4 is 5.69 Å². The smallest absolute Gasteiger partial charge is 0.0992 e. The number of hydrogen-bond acceptors (Lipinski definition) is 4. The molecular weight excluding hydrogens is 204 g/mol. The Morgan fingerprint density at radius 3 is 2.56 bits per heavy atom. The topological polar surface area (TPSA) is 76.3 Å². The Morgan fingerprint density at radius 1 is 1.38 bits per heavy atom. The van der Waals surface area contributed by atoms with Crippen LogP contribution >= 0.6 is 0 Å². The SMILES string of the molecule is CCC(CO)(CO)Nc1cccc(C#N)c1. The van der Waals surface area contributed by atoms with Gasteiger partial charge in [0, 0.05) is 5.69 Å².